The van der Waals surface area contributed by atoms with Crippen LogP contribution in [0.4, 0.5) is 4.39 Å². The molecule has 100 valence electrons. The van der Waals surface area contributed by atoms with Gasteiger partial charge in [-0.15, -0.1) is 0 Å². The zero-order chi connectivity index (χ0) is 13.4. The van der Waals surface area contributed by atoms with Crippen LogP contribution in [0.15, 0.2) is 24.3 Å². The van der Waals surface area contributed by atoms with Crippen molar-refractivity contribution < 1.29 is 9.50 Å². The molecule has 0 bridgehead atoms. The summed E-state index contributed by atoms with van der Waals surface area (Å²) in [5.74, 6) is -0.0836. The second-order valence-corrected chi connectivity index (χ2v) is 6.60. The first-order chi connectivity index (χ1) is 8.34. The molecule has 0 saturated heterocycles. The Kier molecular flexibility index (Phi) is 3.50. The highest BCUT2D eigenvalue weighted by Gasteiger charge is 2.45. The van der Waals surface area contributed by atoms with Crippen LogP contribution in [-0.2, 0) is 5.60 Å². The van der Waals surface area contributed by atoms with Crippen LogP contribution in [0.3, 0.4) is 0 Å². The first-order valence-corrected chi connectivity index (χ1v) is 6.82. The summed E-state index contributed by atoms with van der Waals surface area (Å²) in [7, 11) is 0. The molecule has 1 aromatic rings. The number of hydrogen-bond acceptors (Lipinski definition) is 1. The molecule has 0 spiro atoms. The Labute approximate surface area is 109 Å². The zero-order valence-electron chi connectivity index (χ0n) is 11.5. The maximum Gasteiger partial charge on any atom is 0.123 e. The Bertz CT molecular complexity index is 421. The number of hydrogen-bond donors (Lipinski definition) is 1. The van der Waals surface area contributed by atoms with E-state index in [9.17, 15) is 9.50 Å². The fourth-order valence-electron chi connectivity index (χ4n) is 3.41. The third kappa shape index (κ3) is 2.44. The lowest BCUT2D eigenvalue weighted by molar-refractivity contribution is -0.0961. The molecule has 0 aromatic heterocycles. The Morgan fingerprint density at radius 2 is 2.00 bits per heavy atom. The van der Waals surface area contributed by atoms with Gasteiger partial charge in [-0.2, -0.15) is 0 Å². The lowest BCUT2D eigenvalue weighted by atomic mass is 9.61. The maximum absolute atomic E-state index is 13.4. The lowest BCUT2D eigenvalue weighted by Crippen LogP contribution is -2.44. The zero-order valence-corrected chi connectivity index (χ0v) is 11.5. The number of rotatable bonds is 1. The fourth-order valence-corrected chi connectivity index (χ4v) is 3.41. The van der Waals surface area contributed by atoms with Crippen molar-refractivity contribution in [2.45, 2.75) is 52.1 Å². The van der Waals surface area contributed by atoms with Crippen molar-refractivity contribution in [3.8, 4) is 0 Å². The summed E-state index contributed by atoms with van der Waals surface area (Å²) in [6.07, 6.45) is 3.91. The summed E-state index contributed by atoms with van der Waals surface area (Å²) < 4.78 is 13.4. The van der Waals surface area contributed by atoms with Crippen LogP contribution in [0.1, 0.15) is 52.0 Å². The predicted molar refractivity (Wildman–Crippen MR) is 71.7 cm³/mol. The molecule has 0 heterocycles. The minimum absolute atomic E-state index is 0.0293. The van der Waals surface area contributed by atoms with E-state index in [0.717, 1.165) is 31.2 Å². The average molecular weight is 250 g/mol. The van der Waals surface area contributed by atoms with Crippen molar-refractivity contribution >= 4 is 0 Å². The van der Waals surface area contributed by atoms with E-state index in [0.29, 0.717) is 0 Å². The maximum atomic E-state index is 13.4. The van der Waals surface area contributed by atoms with E-state index < -0.39 is 5.60 Å². The highest BCUT2D eigenvalue weighted by molar-refractivity contribution is 5.25. The smallest absolute Gasteiger partial charge is 0.123 e. The van der Waals surface area contributed by atoms with Gasteiger partial charge in [0.15, 0.2) is 0 Å². The quantitative estimate of drug-likeness (QED) is 0.790. The van der Waals surface area contributed by atoms with Crippen LogP contribution in [-0.4, -0.2) is 5.11 Å². The topological polar surface area (TPSA) is 20.2 Å². The van der Waals surface area contributed by atoms with Crippen LogP contribution in [0.5, 0.6) is 0 Å². The lowest BCUT2D eigenvalue weighted by Gasteiger charge is -2.47. The molecule has 1 N–H and O–H groups in total. The largest absolute Gasteiger partial charge is 0.385 e. The van der Waals surface area contributed by atoms with Gasteiger partial charge in [0.25, 0.3) is 0 Å². The van der Waals surface area contributed by atoms with Gasteiger partial charge in [0, 0.05) is 0 Å². The number of halogens is 1. The van der Waals surface area contributed by atoms with Gasteiger partial charge in [0.2, 0.25) is 0 Å². The Morgan fingerprint density at radius 1 is 1.28 bits per heavy atom. The molecule has 1 aliphatic rings. The Balaban J connectivity index is 2.42. The van der Waals surface area contributed by atoms with Gasteiger partial charge in [0.05, 0.1) is 5.60 Å². The Hall–Kier alpha value is -0.890. The van der Waals surface area contributed by atoms with E-state index in [1.54, 1.807) is 6.07 Å². The van der Waals surface area contributed by atoms with Crippen LogP contribution in [0.25, 0.3) is 0 Å². The molecule has 18 heavy (non-hydrogen) atoms. The highest BCUT2D eigenvalue weighted by Crippen LogP contribution is 2.49. The first kappa shape index (κ1) is 13.5. The average Bonchev–Trinajstić information content (AvgIpc) is 2.28. The minimum Gasteiger partial charge on any atom is -0.385 e. The van der Waals surface area contributed by atoms with Crippen LogP contribution >= 0.6 is 0 Å². The molecule has 1 aromatic carbocycles. The van der Waals surface area contributed by atoms with Gasteiger partial charge in [-0.1, -0.05) is 45.7 Å². The first-order valence-electron chi connectivity index (χ1n) is 6.82. The van der Waals surface area contributed by atoms with Gasteiger partial charge in [-0.25, -0.2) is 4.39 Å². The standard InChI is InChI=1S/C16H23FO/c1-15(2,3)14-9-4-5-10-16(14,18)12-7-6-8-13(17)11-12/h6-8,11,14,18H,4-5,9-10H2,1-3H3. The van der Waals surface area contributed by atoms with E-state index in [4.69, 9.17) is 0 Å². The van der Waals surface area contributed by atoms with E-state index in [1.807, 2.05) is 6.07 Å². The molecular formula is C16H23FO. The summed E-state index contributed by atoms with van der Waals surface area (Å²) >= 11 is 0. The normalized spacial score (nSPS) is 29.3. The van der Waals surface area contributed by atoms with Gasteiger partial charge in [-0.05, 0) is 41.9 Å². The van der Waals surface area contributed by atoms with Crippen molar-refractivity contribution in [3.05, 3.63) is 35.6 Å². The van der Waals surface area contributed by atoms with E-state index in [-0.39, 0.29) is 17.2 Å². The molecule has 2 heteroatoms. The summed E-state index contributed by atoms with van der Waals surface area (Å²) in [6.45, 7) is 6.48. The van der Waals surface area contributed by atoms with Crippen molar-refractivity contribution in [1.29, 1.82) is 0 Å². The summed E-state index contributed by atoms with van der Waals surface area (Å²) in [5, 5.41) is 11.1. The molecule has 0 amide bonds. The predicted octanol–water partition coefficient (Wildman–Crippen LogP) is 4.25. The van der Waals surface area contributed by atoms with Gasteiger partial charge in [-0.3, -0.25) is 0 Å². The molecular weight excluding hydrogens is 227 g/mol. The molecule has 0 aliphatic heterocycles. The van der Waals surface area contributed by atoms with Crippen molar-refractivity contribution in [1.82, 2.24) is 0 Å². The molecule has 1 saturated carbocycles. The monoisotopic (exact) mass is 250 g/mol. The van der Waals surface area contributed by atoms with Crippen molar-refractivity contribution in [3.63, 3.8) is 0 Å². The van der Waals surface area contributed by atoms with E-state index in [2.05, 4.69) is 20.8 Å². The number of benzene rings is 1. The molecule has 2 unspecified atom stereocenters. The SMILES string of the molecule is CC(C)(C)C1CCCCC1(O)c1cccc(F)c1. The molecule has 1 aliphatic carbocycles. The fraction of sp³-hybridized carbons (Fsp3) is 0.625. The summed E-state index contributed by atoms with van der Waals surface area (Å²) in [6, 6.07) is 6.47. The van der Waals surface area contributed by atoms with Gasteiger partial charge < -0.3 is 5.11 Å². The molecule has 1 nitrogen and oxygen atoms in total. The Morgan fingerprint density at radius 3 is 2.61 bits per heavy atom. The van der Waals surface area contributed by atoms with Gasteiger partial charge >= 0.3 is 0 Å². The highest BCUT2D eigenvalue weighted by atomic mass is 19.1. The number of aliphatic hydroxyl groups is 1. The van der Waals surface area contributed by atoms with Crippen molar-refractivity contribution in [2.75, 3.05) is 0 Å². The molecule has 2 atom stereocenters. The molecule has 1 fully saturated rings. The third-order valence-electron chi connectivity index (χ3n) is 4.25. The van der Waals surface area contributed by atoms with E-state index >= 15 is 0 Å². The van der Waals surface area contributed by atoms with Crippen LogP contribution in [0, 0.1) is 17.2 Å². The second kappa shape index (κ2) is 4.65. The third-order valence-corrected chi connectivity index (χ3v) is 4.25. The minimum atomic E-state index is -0.876. The second-order valence-electron chi connectivity index (χ2n) is 6.60. The van der Waals surface area contributed by atoms with Crippen LogP contribution in [0.2, 0.25) is 0 Å². The van der Waals surface area contributed by atoms with Crippen LogP contribution < -0.4 is 0 Å². The molecule has 2 rings (SSSR count). The van der Waals surface area contributed by atoms with Gasteiger partial charge in [0.1, 0.15) is 5.82 Å². The van der Waals surface area contributed by atoms with Crippen molar-refractivity contribution in [2.24, 2.45) is 11.3 Å². The molecule has 0 radical (unpaired) electrons. The summed E-state index contributed by atoms with van der Waals surface area (Å²) in [4.78, 5) is 0. The summed E-state index contributed by atoms with van der Waals surface area (Å²) in [5.41, 5.74) is -0.109. The van der Waals surface area contributed by atoms with E-state index in [1.165, 1.54) is 12.1 Å².